The first kappa shape index (κ1) is 17.9. The molecule has 0 bridgehead atoms. The van der Waals surface area contributed by atoms with Crippen LogP contribution in [0, 0.1) is 18.3 Å². The number of thiophene rings is 1. The molecule has 1 aliphatic carbocycles. The van der Waals surface area contributed by atoms with Crippen LogP contribution in [0.3, 0.4) is 0 Å². The average Bonchev–Trinajstić information content (AvgIpc) is 3.20. The van der Waals surface area contributed by atoms with Crippen molar-refractivity contribution in [3.63, 3.8) is 0 Å². The van der Waals surface area contributed by atoms with Gasteiger partial charge in [0.1, 0.15) is 11.1 Å². The molecule has 3 rings (SSSR count). The predicted molar refractivity (Wildman–Crippen MR) is 101 cm³/mol. The minimum atomic E-state index is -0.588. The van der Waals surface area contributed by atoms with Crippen LogP contribution in [0.1, 0.15) is 33.6 Å². The number of carbonyl (C=O) groups is 2. The molecule has 1 aromatic heterocycles. The summed E-state index contributed by atoms with van der Waals surface area (Å²) < 4.78 is 4.96. The fourth-order valence-corrected chi connectivity index (χ4v) is 4.06. The molecule has 26 heavy (non-hydrogen) atoms. The molecule has 132 valence electrons. The number of hydrogen-bond acceptors (Lipinski definition) is 5. The molecule has 0 unspecified atom stereocenters. The third kappa shape index (κ3) is 4.19. The van der Waals surface area contributed by atoms with Gasteiger partial charge in [-0.1, -0.05) is 29.8 Å². The van der Waals surface area contributed by atoms with E-state index in [0.717, 1.165) is 40.8 Å². The molecule has 0 saturated carbocycles. The molecular formula is C20H18N2O3S. The molecule has 0 spiro atoms. The van der Waals surface area contributed by atoms with Gasteiger partial charge in [0.15, 0.2) is 6.61 Å². The quantitative estimate of drug-likeness (QED) is 0.647. The highest BCUT2D eigenvalue weighted by Gasteiger charge is 2.23. The molecule has 0 radical (unpaired) electrons. The predicted octanol–water partition coefficient (Wildman–Crippen LogP) is 3.61. The van der Waals surface area contributed by atoms with E-state index in [1.807, 2.05) is 31.2 Å². The zero-order valence-electron chi connectivity index (χ0n) is 14.4. The number of hydrogen-bond donors (Lipinski definition) is 1. The van der Waals surface area contributed by atoms with Crippen LogP contribution in [0.15, 0.2) is 30.3 Å². The number of ether oxygens (including phenoxy) is 1. The number of rotatable bonds is 5. The van der Waals surface area contributed by atoms with E-state index in [2.05, 4.69) is 11.4 Å². The fourth-order valence-electron chi connectivity index (χ4n) is 2.80. The van der Waals surface area contributed by atoms with Crippen molar-refractivity contribution >= 4 is 34.3 Å². The molecule has 0 saturated heterocycles. The number of nitrogens with one attached hydrogen (secondary N) is 1. The number of fused-ring (bicyclic) bond motifs is 1. The molecule has 0 atom stereocenters. The number of aryl methyl sites for hydroxylation is 2. The Morgan fingerprint density at radius 1 is 1.31 bits per heavy atom. The van der Waals surface area contributed by atoms with E-state index in [1.54, 1.807) is 6.08 Å². The van der Waals surface area contributed by atoms with Crippen LogP contribution in [0.4, 0.5) is 5.00 Å². The fraction of sp³-hybridized carbons (Fsp3) is 0.250. The highest BCUT2D eigenvalue weighted by Crippen LogP contribution is 2.38. The third-order valence-corrected chi connectivity index (χ3v) is 5.33. The summed E-state index contributed by atoms with van der Waals surface area (Å²) >= 11 is 1.44. The number of esters is 1. The summed E-state index contributed by atoms with van der Waals surface area (Å²) in [7, 11) is 0. The Bertz CT molecular complexity index is 904. The molecule has 1 amide bonds. The van der Waals surface area contributed by atoms with Crippen molar-refractivity contribution in [3.05, 3.63) is 57.5 Å². The lowest BCUT2D eigenvalue weighted by Gasteiger charge is -2.04. The van der Waals surface area contributed by atoms with Crippen molar-refractivity contribution in [3.8, 4) is 6.07 Å². The van der Waals surface area contributed by atoms with E-state index < -0.39 is 11.9 Å². The van der Waals surface area contributed by atoms with Crippen LogP contribution in [-0.4, -0.2) is 18.5 Å². The largest absolute Gasteiger partial charge is 0.452 e. The number of nitriles is 1. The van der Waals surface area contributed by atoms with Crippen molar-refractivity contribution in [2.24, 2.45) is 0 Å². The lowest BCUT2D eigenvalue weighted by molar-refractivity contribution is -0.142. The molecule has 1 aliphatic rings. The van der Waals surface area contributed by atoms with Crippen molar-refractivity contribution in [1.29, 1.82) is 5.26 Å². The molecule has 1 N–H and O–H groups in total. The average molecular weight is 366 g/mol. The van der Waals surface area contributed by atoms with Crippen LogP contribution in [0.2, 0.25) is 0 Å². The SMILES string of the molecule is Cc1ccc(/C=C/C(=O)OCC(=O)Nc2sc3c(c2C#N)CCC3)cc1. The third-order valence-electron chi connectivity index (χ3n) is 4.12. The topological polar surface area (TPSA) is 79.2 Å². The van der Waals surface area contributed by atoms with Gasteiger partial charge in [-0.2, -0.15) is 5.26 Å². The van der Waals surface area contributed by atoms with Gasteiger partial charge in [-0.15, -0.1) is 11.3 Å². The standard InChI is InChI=1S/C20H18N2O3S/c1-13-5-7-14(8-6-13)9-10-19(24)25-12-18(23)22-20-16(11-21)15-3-2-4-17(15)26-20/h5-10H,2-4,12H2,1H3,(H,22,23)/b10-9+. The molecule has 1 heterocycles. The summed E-state index contributed by atoms with van der Waals surface area (Å²) in [4.78, 5) is 24.9. The van der Waals surface area contributed by atoms with Crippen LogP contribution in [-0.2, 0) is 27.2 Å². The molecule has 2 aromatic rings. The first-order valence-electron chi connectivity index (χ1n) is 8.33. The summed E-state index contributed by atoms with van der Waals surface area (Å²) in [5, 5.41) is 12.5. The van der Waals surface area contributed by atoms with Gasteiger partial charge in [0, 0.05) is 11.0 Å². The van der Waals surface area contributed by atoms with Gasteiger partial charge in [0.2, 0.25) is 0 Å². The van der Waals surface area contributed by atoms with Gasteiger partial charge in [-0.3, -0.25) is 4.79 Å². The first-order valence-corrected chi connectivity index (χ1v) is 9.14. The highest BCUT2D eigenvalue weighted by molar-refractivity contribution is 7.16. The van der Waals surface area contributed by atoms with E-state index >= 15 is 0 Å². The van der Waals surface area contributed by atoms with Crippen molar-refractivity contribution < 1.29 is 14.3 Å². The number of anilines is 1. The monoisotopic (exact) mass is 366 g/mol. The Kier molecular flexibility index (Phi) is 5.49. The number of benzene rings is 1. The number of carbonyl (C=O) groups excluding carboxylic acids is 2. The highest BCUT2D eigenvalue weighted by atomic mass is 32.1. The second-order valence-corrected chi connectivity index (χ2v) is 7.18. The van der Waals surface area contributed by atoms with E-state index in [1.165, 1.54) is 17.4 Å². The summed E-state index contributed by atoms with van der Waals surface area (Å²) in [5.41, 5.74) is 3.61. The molecule has 6 heteroatoms. The Balaban J connectivity index is 1.52. The lowest BCUT2D eigenvalue weighted by atomic mass is 10.1. The van der Waals surface area contributed by atoms with Gasteiger partial charge < -0.3 is 10.1 Å². The van der Waals surface area contributed by atoms with E-state index in [4.69, 9.17) is 4.74 Å². The minimum absolute atomic E-state index is 0.384. The maximum absolute atomic E-state index is 12.0. The molecule has 0 aliphatic heterocycles. The van der Waals surface area contributed by atoms with Crippen LogP contribution in [0.5, 0.6) is 0 Å². The Labute approximate surface area is 155 Å². The molecule has 1 aromatic carbocycles. The van der Waals surface area contributed by atoms with E-state index in [0.29, 0.717) is 10.6 Å². The Morgan fingerprint density at radius 2 is 2.08 bits per heavy atom. The van der Waals surface area contributed by atoms with Gasteiger partial charge in [0.05, 0.1) is 5.56 Å². The summed E-state index contributed by atoms with van der Waals surface area (Å²) in [5.74, 6) is -1.03. The maximum Gasteiger partial charge on any atom is 0.331 e. The zero-order chi connectivity index (χ0) is 18.5. The molecule has 5 nitrogen and oxygen atoms in total. The van der Waals surface area contributed by atoms with Crippen molar-refractivity contribution in [2.45, 2.75) is 26.2 Å². The van der Waals surface area contributed by atoms with Crippen LogP contribution >= 0.6 is 11.3 Å². The van der Waals surface area contributed by atoms with Gasteiger partial charge in [-0.05, 0) is 43.4 Å². The smallest absolute Gasteiger partial charge is 0.331 e. The van der Waals surface area contributed by atoms with Crippen molar-refractivity contribution in [2.75, 3.05) is 11.9 Å². The van der Waals surface area contributed by atoms with Gasteiger partial charge in [-0.25, -0.2) is 4.79 Å². The van der Waals surface area contributed by atoms with Gasteiger partial charge in [0.25, 0.3) is 5.91 Å². The molecule has 0 fully saturated rings. The summed E-state index contributed by atoms with van der Waals surface area (Å²) in [6, 6.07) is 9.85. The van der Waals surface area contributed by atoms with Gasteiger partial charge >= 0.3 is 5.97 Å². The second-order valence-electron chi connectivity index (χ2n) is 6.07. The Hall–Kier alpha value is -2.91. The number of amides is 1. The lowest BCUT2D eigenvalue weighted by Crippen LogP contribution is -2.20. The van der Waals surface area contributed by atoms with E-state index in [9.17, 15) is 14.9 Å². The van der Waals surface area contributed by atoms with Crippen molar-refractivity contribution in [1.82, 2.24) is 0 Å². The normalized spacial score (nSPS) is 12.6. The Morgan fingerprint density at radius 3 is 2.81 bits per heavy atom. The zero-order valence-corrected chi connectivity index (χ0v) is 15.2. The minimum Gasteiger partial charge on any atom is -0.452 e. The summed E-state index contributed by atoms with van der Waals surface area (Å²) in [6.45, 7) is 1.60. The van der Waals surface area contributed by atoms with E-state index in [-0.39, 0.29) is 6.61 Å². The number of nitrogens with zero attached hydrogens (tertiary/aromatic N) is 1. The first-order chi connectivity index (χ1) is 12.6. The van der Waals surface area contributed by atoms with Crippen LogP contribution in [0.25, 0.3) is 6.08 Å². The maximum atomic E-state index is 12.0. The molecular weight excluding hydrogens is 348 g/mol. The van der Waals surface area contributed by atoms with Crippen LogP contribution < -0.4 is 5.32 Å². The second kappa shape index (κ2) is 7.98. The summed E-state index contributed by atoms with van der Waals surface area (Å²) in [6.07, 6.45) is 5.80.